The van der Waals surface area contributed by atoms with Crippen LogP contribution in [0.5, 0.6) is 0 Å². The van der Waals surface area contributed by atoms with Gasteiger partial charge in [0.15, 0.2) is 0 Å². The molecule has 9 nitrogen and oxygen atoms in total. The minimum Gasteiger partial charge on any atom is -0.462 e. The first-order chi connectivity index (χ1) is 17.9. The zero-order chi connectivity index (χ0) is 27.0. The lowest BCUT2D eigenvalue weighted by atomic mass is 9.83. The van der Waals surface area contributed by atoms with E-state index >= 15 is 0 Å². The van der Waals surface area contributed by atoms with Gasteiger partial charge in [-0.25, -0.2) is 4.79 Å². The summed E-state index contributed by atoms with van der Waals surface area (Å²) in [7, 11) is 3.46. The molecule has 1 fully saturated rings. The van der Waals surface area contributed by atoms with Crippen LogP contribution >= 0.6 is 23.2 Å². The molecule has 11 heteroatoms. The van der Waals surface area contributed by atoms with E-state index < -0.39 is 46.8 Å². The molecule has 3 N–H and O–H groups in total. The molecular weight excluding hydrogens is 523 g/mol. The maximum Gasteiger partial charge on any atom is 0.329 e. The van der Waals surface area contributed by atoms with E-state index in [9.17, 15) is 14.7 Å². The Morgan fingerprint density at radius 3 is 2.51 bits per heavy atom. The van der Waals surface area contributed by atoms with Crippen molar-refractivity contribution >= 4 is 35.1 Å². The minimum absolute atomic E-state index is 0.0383. The van der Waals surface area contributed by atoms with Crippen molar-refractivity contribution in [1.82, 2.24) is 10.6 Å². The van der Waals surface area contributed by atoms with Crippen molar-refractivity contribution in [2.24, 2.45) is 5.92 Å². The first-order valence-corrected chi connectivity index (χ1v) is 13.6. The van der Waals surface area contributed by atoms with Crippen LogP contribution in [0.1, 0.15) is 24.8 Å². The molecule has 0 aromatic heterocycles. The highest BCUT2D eigenvalue weighted by atomic mass is 35.5. The number of halogens is 2. The van der Waals surface area contributed by atoms with Gasteiger partial charge < -0.3 is 34.7 Å². The first kappa shape index (κ1) is 31.8. The molecule has 1 aromatic rings. The lowest BCUT2D eigenvalue weighted by molar-refractivity contribution is -0.150. The van der Waals surface area contributed by atoms with Gasteiger partial charge in [-0.05, 0) is 38.4 Å². The number of ether oxygens (including phenoxy) is 4. The van der Waals surface area contributed by atoms with E-state index in [4.69, 9.17) is 42.1 Å². The second-order valence-corrected chi connectivity index (χ2v) is 10.0. The number of benzene rings is 1. The summed E-state index contributed by atoms with van der Waals surface area (Å²) < 4.78 is 21.4. The van der Waals surface area contributed by atoms with E-state index in [2.05, 4.69) is 10.6 Å². The summed E-state index contributed by atoms with van der Waals surface area (Å²) >= 11 is 13.0. The summed E-state index contributed by atoms with van der Waals surface area (Å²) in [4.78, 5) is 26.1. The number of methoxy groups -OCH3 is 1. The number of aliphatic hydroxyl groups excluding tert-OH is 1. The maximum absolute atomic E-state index is 13.2. The van der Waals surface area contributed by atoms with Gasteiger partial charge in [-0.1, -0.05) is 30.3 Å². The second-order valence-electron chi connectivity index (χ2n) is 8.96. The van der Waals surface area contributed by atoms with E-state index in [-0.39, 0.29) is 26.1 Å². The molecule has 37 heavy (non-hydrogen) atoms. The summed E-state index contributed by atoms with van der Waals surface area (Å²) in [6, 6.07) is 8.33. The molecule has 0 saturated heterocycles. The highest BCUT2D eigenvalue weighted by Gasteiger charge is 2.46. The second kappa shape index (κ2) is 17.9. The minimum atomic E-state index is -1.18. The smallest absolute Gasteiger partial charge is 0.329 e. The quantitative estimate of drug-likeness (QED) is 0.150. The molecule has 1 aliphatic rings. The Bertz CT molecular complexity index is 789. The monoisotopic (exact) mass is 562 g/mol. The van der Waals surface area contributed by atoms with Crippen LogP contribution in [0.15, 0.2) is 30.3 Å². The summed E-state index contributed by atoms with van der Waals surface area (Å²) in [6.45, 7) is 2.41. The number of carbonyl (C=O) groups is 2. The van der Waals surface area contributed by atoms with Crippen molar-refractivity contribution < 1.29 is 33.6 Å². The number of carbonyl (C=O) groups excluding carboxylic acids is 2. The molecule has 210 valence electrons. The summed E-state index contributed by atoms with van der Waals surface area (Å²) in [6.07, 6.45) is 0.396. The molecule has 1 aliphatic carbocycles. The molecule has 1 aromatic carbocycles. The van der Waals surface area contributed by atoms with Crippen LogP contribution in [-0.4, -0.2) is 99.7 Å². The van der Waals surface area contributed by atoms with Gasteiger partial charge in [0.25, 0.3) is 0 Å². The van der Waals surface area contributed by atoms with Gasteiger partial charge in [0.05, 0.1) is 48.7 Å². The van der Waals surface area contributed by atoms with Crippen molar-refractivity contribution in [2.45, 2.75) is 54.7 Å². The fourth-order valence-corrected chi connectivity index (χ4v) is 5.00. The van der Waals surface area contributed by atoms with Crippen LogP contribution in [0, 0.1) is 5.92 Å². The Labute approximate surface area is 229 Å². The highest BCUT2D eigenvalue weighted by molar-refractivity contribution is 6.25. The van der Waals surface area contributed by atoms with Crippen molar-refractivity contribution in [3.8, 4) is 0 Å². The van der Waals surface area contributed by atoms with Gasteiger partial charge in [0.1, 0.15) is 12.6 Å². The van der Waals surface area contributed by atoms with E-state index in [1.54, 1.807) is 7.11 Å². The molecule has 0 heterocycles. The first-order valence-electron chi connectivity index (χ1n) is 12.7. The topological polar surface area (TPSA) is 115 Å². The molecule has 0 radical (unpaired) electrons. The lowest BCUT2D eigenvalue weighted by Crippen LogP contribution is -2.56. The van der Waals surface area contributed by atoms with Crippen molar-refractivity contribution in [3.05, 3.63) is 35.9 Å². The molecule has 0 aliphatic heterocycles. The molecule has 0 spiro atoms. The van der Waals surface area contributed by atoms with Crippen LogP contribution in [-0.2, 0) is 35.0 Å². The maximum atomic E-state index is 13.2. The number of rotatable bonds is 17. The van der Waals surface area contributed by atoms with E-state index in [0.717, 1.165) is 24.9 Å². The zero-order valence-electron chi connectivity index (χ0n) is 21.6. The van der Waals surface area contributed by atoms with E-state index in [1.807, 2.05) is 37.4 Å². The van der Waals surface area contributed by atoms with Gasteiger partial charge >= 0.3 is 5.97 Å². The summed E-state index contributed by atoms with van der Waals surface area (Å²) in [5.41, 5.74) is 0.850. The summed E-state index contributed by atoms with van der Waals surface area (Å²) in [5, 5.41) is 15.2. The Balaban J connectivity index is 1.97. The molecule has 1 saturated carbocycles. The number of unbranched alkanes of at least 4 members (excludes halogenated alkanes) is 1. The zero-order valence-corrected chi connectivity index (χ0v) is 23.1. The fourth-order valence-electron chi connectivity index (χ4n) is 4.08. The highest BCUT2D eigenvalue weighted by Crippen LogP contribution is 2.34. The molecule has 6 atom stereocenters. The molecule has 1 amide bonds. The SMILES string of the molecule is CNCCCCOC1C(Cl)CC(C(=O)N[C@@H](Cc2ccccc2)C(=O)OCCOCCOC)C(O)C1Cl. The molecule has 5 unspecified atom stereocenters. The normalized spacial score (nSPS) is 24.4. The third kappa shape index (κ3) is 11.0. The Morgan fingerprint density at radius 1 is 1.08 bits per heavy atom. The Hall–Kier alpha value is -1.46. The third-order valence-corrected chi connectivity index (χ3v) is 7.08. The fraction of sp³-hybridized carbons (Fsp3) is 0.692. The van der Waals surface area contributed by atoms with Gasteiger partial charge in [-0.2, -0.15) is 0 Å². The van der Waals surface area contributed by atoms with Crippen molar-refractivity contribution in [1.29, 1.82) is 0 Å². The van der Waals surface area contributed by atoms with E-state index in [1.165, 1.54) is 0 Å². The van der Waals surface area contributed by atoms with E-state index in [0.29, 0.717) is 19.8 Å². The van der Waals surface area contributed by atoms with Crippen LogP contribution in [0.3, 0.4) is 0 Å². The lowest BCUT2D eigenvalue weighted by Gasteiger charge is -2.39. The Morgan fingerprint density at radius 2 is 1.81 bits per heavy atom. The number of alkyl halides is 2. The van der Waals surface area contributed by atoms with Gasteiger partial charge in [-0.15, -0.1) is 23.2 Å². The van der Waals surface area contributed by atoms with Crippen LogP contribution in [0.2, 0.25) is 0 Å². The van der Waals surface area contributed by atoms with Gasteiger partial charge in [-0.3, -0.25) is 4.79 Å². The number of esters is 1. The van der Waals surface area contributed by atoms with Crippen molar-refractivity contribution in [3.63, 3.8) is 0 Å². The Kier molecular flexibility index (Phi) is 15.4. The predicted molar refractivity (Wildman–Crippen MR) is 142 cm³/mol. The third-order valence-electron chi connectivity index (χ3n) is 6.14. The van der Waals surface area contributed by atoms with Crippen molar-refractivity contribution in [2.75, 3.05) is 53.7 Å². The average Bonchev–Trinajstić information content (AvgIpc) is 2.89. The van der Waals surface area contributed by atoms with Gasteiger partial charge in [0.2, 0.25) is 5.91 Å². The van der Waals surface area contributed by atoms with Crippen LogP contribution < -0.4 is 10.6 Å². The number of aliphatic hydroxyl groups is 1. The molecule has 2 rings (SSSR count). The number of hydrogen-bond acceptors (Lipinski definition) is 8. The number of amides is 1. The van der Waals surface area contributed by atoms with Gasteiger partial charge in [0, 0.05) is 20.1 Å². The standard InChI is InChI=1S/C26H40Cl2N2O7/c1-29-10-6-7-11-36-24-20(27)17-19(23(31)22(24)28)25(32)30-21(16-18-8-4-3-5-9-18)26(33)37-15-14-35-13-12-34-2/h3-5,8-9,19-24,29,31H,6-7,10-17H2,1-2H3,(H,30,32)/t19?,20?,21-,22?,23?,24?/m0/s1. The molecule has 0 bridgehead atoms. The number of nitrogens with one attached hydrogen (secondary N) is 2. The molecular formula is C26H40Cl2N2O7. The summed E-state index contributed by atoms with van der Waals surface area (Å²) in [5.74, 6) is -1.99. The number of hydrogen-bond donors (Lipinski definition) is 3. The predicted octanol–water partition coefficient (Wildman–Crippen LogP) is 1.90. The van der Waals surface area contributed by atoms with Crippen LogP contribution in [0.25, 0.3) is 0 Å². The largest absolute Gasteiger partial charge is 0.462 e. The average molecular weight is 564 g/mol. The van der Waals surface area contributed by atoms with Crippen LogP contribution in [0.4, 0.5) is 0 Å².